The molecule has 0 saturated carbocycles. The second-order valence-corrected chi connectivity index (χ2v) is 5.99. The van der Waals surface area contributed by atoms with Crippen molar-refractivity contribution in [3.8, 4) is 5.75 Å². The van der Waals surface area contributed by atoms with E-state index in [1.165, 1.54) is 13.0 Å². The molecule has 8 heteroatoms. The van der Waals surface area contributed by atoms with E-state index >= 15 is 0 Å². The lowest BCUT2D eigenvalue weighted by Gasteiger charge is -2.16. The zero-order valence-electron chi connectivity index (χ0n) is 12.1. The molecule has 118 valence electrons. The second-order valence-electron chi connectivity index (χ2n) is 3.91. The SMILES string of the molecule is CCOP(=O)(OCC)OCc1ccc(OC(C)=O)c(Cl)c1. The molecule has 0 radical (unpaired) electrons. The van der Waals surface area contributed by atoms with Crippen LogP contribution in [0.15, 0.2) is 18.2 Å². The summed E-state index contributed by atoms with van der Waals surface area (Å²) in [6.07, 6.45) is 0. The van der Waals surface area contributed by atoms with E-state index in [2.05, 4.69) is 0 Å². The molecular weight excluding hydrogens is 319 g/mol. The number of rotatable bonds is 8. The van der Waals surface area contributed by atoms with Crippen LogP contribution in [0.2, 0.25) is 5.02 Å². The lowest BCUT2D eigenvalue weighted by molar-refractivity contribution is -0.131. The third kappa shape index (κ3) is 6.16. The summed E-state index contributed by atoms with van der Waals surface area (Å²) in [5, 5.41) is 0.258. The molecule has 0 spiro atoms. The van der Waals surface area contributed by atoms with Crippen LogP contribution < -0.4 is 4.74 Å². The summed E-state index contributed by atoms with van der Waals surface area (Å²) in [5.41, 5.74) is 0.649. The maximum absolute atomic E-state index is 12.1. The molecule has 0 N–H and O–H groups in total. The van der Waals surface area contributed by atoms with Crippen molar-refractivity contribution < 1.29 is 27.7 Å². The maximum Gasteiger partial charge on any atom is 0.475 e. The molecule has 0 aliphatic rings. The normalized spacial score (nSPS) is 11.4. The topological polar surface area (TPSA) is 71.1 Å². The number of phosphoric ester groups is 1. The van der Waals surface area contributed by atoms with Crippen molar-refractivity contribution in [2.75, 3.05) is 13.2 Å². The van der Waals surface area contributed by atoms with Gasteiger partial charge < -0.3 is 4.74 Å². The van der Waals surface area contributed by atoms with E-state index in [4.69, 9.17) is 29.9 Å². The van der Waals surface area contributed by atoms with Gasteiger partial charge in [0.1, 0.15) is 5.75 Å². The summed E-state index contributed by atoms with van der Waals surface area (Å²) in [7, 11) is -3.56. The van der Waals surface area contributed by atoms with Gasteiger partial charge in [-0.2, -0.15) is 0 Å². The molecule has 0 amide bonds. The zero-order chi connectivity index (χ0) is 15.9. The van der Waals surface area contributed by atoms with E-state index < -0.39 is 13.8 Å². The minimum Gasteiger partial charge on any atom is -0.425 e. The van der Waals surface area contributed by atoms with Gasteiger partial charge in [-0.05, 0) is 31.5 Å². The summed E-state index contributed by atoms with van der Waals surface area (Å²) in [6, 6.07) is 4.74. The quantitative estimate of drug-likeness (QED) is 0.406. The van der Waals surface area contributed by atoms with Crippen molar-refractivity contribution in [2.24, 2.45) is 0 Å². The van der Waals surface area contributed by atoms with E-state index in [0.717, 1.165) is 0 Å². The van der Waals surface area contributed by atoms with Crippen molar-refractivity contribution in [2.45, 2.75) is 27.4 Å². The number of esters is 1. The lowest BCUT2D eigenvalue weighted by atomic mass is 10.2. The fourth-order valence-corrected chi connectivity index (χ4v) is 2.86. The molecule has 0 fully saturated rings. The van der Waals surface area contributed by atoms with Crippen LogP contribution in [0, 0.1) is 0 Å². The Morgan fingerprint density at radius 3 is 2.29 bits per heavy atom. The van der Waals surface area contributed by atoms with Crippen LogP contribution in [0.1, 0.15) is 26.3 Å². The first-order valence-electron chi connectivity index (χ1n) is 6.40. The van der Waals surface area contributed by atoms with Gasteiger partial charge >= 0.3 is 13.8 Å². The van der Waals surface area contributed by atoms with Gasteiger partial charge in [0.15, 0.2) is 0 Å². The Labute approximate surface area is 128 Å². The predicted molar refractivity (Wildman–Crippen MR) is 78.4 cm³/mol. The molecule has 1 aromatic carbocycles. The average molecular weight is 337 g/mol. The third-order valence-electron chi connectivity index (χ3n) is 2.21. The number of carbonyl (C=O) groups is 1. The number of benzene rings is 1. The molecule has 0 bridgehead atoms. The number of phosphoric acid groups is 1. The number of hydrogen-bond donors (Lipinski definition) is 0. The Morgan fingerprint density at radius 2 is 1.81 bits per heavy atom. The highest BCUT2D eigenvalue weighted by Gasteiger charge is 2.25. The molecule has 0 aliphatic carbocycles. The molecule has 21 heavy (non-hydrogen) atoms. The first-order chi connectivity index (χ1) is 9.90. The van der Waals surface area contributed by atoms with Gasteiger partial charge in [0, 0.05) is 6.92 Å². The van der Waals surface area contributed by atoms with Gasteiger partial charge in [0.05, 0.1) is 24.8 Å². The largest absolute Gasteiger partial charge is 0.475 e. The number of hydrogen-bond acceptors (Lipinski definition) is 6. The summed E-state index contributed by atoms with van der Waals surface area (Å²) in [6.45, 7) is 5.09. The minimum atomic E-state index is -3.56. The second kappa shape index (κ2) is 8.51. The number of ether oxygens (including phenoxy) is 1. The highest BCUT2D eigenvalue weighted by atomic mass is 35.5. The van der Waals surface area contributed by atoms with Crippen LogP contribution >= 0.6 is 19.4 Å². The highest BCUT2D eigenvalue weighted by molar-refractivity contribution is 7.48. The third-order valence-corrected chi connectivity index (χ3v) is 4.10. The molecule has 0 heterocycles. The van der Waals surface area contributed by atoms with Gasteiger partial charge in [-0.15, -0.1) is 0 Å². The Bertz CT molecular complexity index is 523. The van der Waals surface area contributed by atoms with Crippen LogP contribution in [0.25, 0.3) is 0 Å². The smallest absolute Gasteiger partial charge is 0.425 e. The number of carbonyl (C=O) groups excluding carboxylic acids is 1. The monoisotopic (exact) mass is 336 g/mol. The zero-order valence-corrected chi connectivity index (χ0v) is 13.8. The molecule has 0 aliphatic heterocycles. The average Bonchev–Trinajstić information content (AvgIpc) is 2.39. The van der Waals surface area contributed by atoms with E-state index in [0.29, 0.717) is 5.56 Å². The summed E-state index contributed by atoms with van der Waals surface area (Å²) in [5.74, 6) is -0.205. The van der Waals surface area contributed by atoms with Gasteiger partial charge in [-0.25, -0.2) is 4.57 Å². The molecule has 6 nitrogen and oxygen atoms in total. The van der Waals surface area contributed by atoms with Crippen molar-refractivity contribution >= 4 is 25.4 Å². The Morgan fingerprint density at radius 1 is 1.19 bits per heavy atom. The van der Waals surface area contributed by atoms with Crippen LogP contribution in [-0.2, 0) is 29.5 Å². The van der Waals surface area contributed by atoms with E-state index in [1.807, 2.05) is 0 Å². The molecule has 0 unspecified atom stereocenters. The van der Waals surface area contributed by atoms with Gasteiger partial charge in [-0.1, -0.05) is 17.7 Å². The molecular formula is C13H18ClO6P. The predicted octanol–water partition coefficient (Wildman–Crippen LogP) is 3.96. The van der Waals surface area contributed by atoms with Gasteiger partial charge in [0.25, 0.3) is 0 Å². The Hall–Kier alpha value is -0.910. The Balaban J connectivity index is 2.73. The molecule has 0 aromatic heterocycles. The molecule has 1 rings (SSSR count). The van der Waals surface area contributed by atoms with Gasteiger partial charge in [-0.3, -0.25) is 18.4 Å². The van der Waals surface area contributed by atoms with E-state index in [-0.39, 0.29) is 30.6 Å². The number of halogens is 1. The van der Waals surface area contributed by atoms with Crippen molar-refractivity contribution in [1.82, 2.24) is 0 Å². The van der Waals surface area contributed by atoms with Crippen LogP contribution in [0.4, 0.5) is 0 Å². The van der Waals surface area contributed by atoms with Crippen LogP contribution in [0.5, 0.6) is 5.75 Å². The van der Waals surface area contributed by atoms with E-state index in [1.54, 1.807) is 26.0 Å². The molecule has 1 aromatic rings. The summed E-state index contributed by atoms with van der Waals surface area (Å²) in [4.78, 5) is 10.9. The fourth-order valence-electron chi connectivity index (χ4n) is 1.45. The molecule has 0 atom stereocenters. The maximum atomic E-state index is 12.1. The first kappa shape index (κ1) is 18.1. The Kier molecular flexibility index (Phi) is 7.35. The molecule has 0 saturated heterocycles. The van der Waals surface area contributed by atoms with Crippen molar-refractivity contribution in [1.29, 1.82) is 0 Å². The lowest BCUT2D eigenvalue weighted by Crippen LogP contribution is -2.03. The van der Waals surface area contributed by atoms with Crippen LogP contribution in [0.3, 0.4) is 0 Å². The van der Waals surface area contributed by atoms with Crippen molar-refractivity contribution in [3.63, 3.8) is 0 Å². The standard InChI is InChI=1S/C13H18ClO6P/c1-4-17-21(16,18-5-2)19-9-11-6-7-13(12(14)8-11)20-10(3)15/h6-8H,4-5,9H2,1-3H3. The van der Waals surface area contributed by atoms with E-state index in [9.17, 15) is 9.36 Å². The van der Waals surface area contributed by atoms with Crippen molar-refractivity contribution in [3.05, 3.63) is 28.8 Å². The highest BCUT2D eigenvalue weighted by Crippen LogP contribution is 2.50. The minimum absolute atomic E-state index is 0.00263. The van der Waals surface area contributed by atoms with Crippen LogP contribution in [-0.4, -0.2) is 19.2 Å². The first-order valence-corrected chi connectivity index (χ1v) is 8.24. The summed E-state index contributed by atoms with van der Waals surface area (Å²) < 4.78 is 32.3. The summed E-state index contributed by atoms with van der Waals surface area (Å²) >= 11 is 5.98. The fraction of sp³-hybridized carbons (Fsp3) is 0.462. The van der Waals surface area contributed by atoms with Gasteiger partial charge in [0.2, 0.25) is 0 Å².